The first kappa shape index (κ1) is 21.3. The lowest BCUT2D eigenvalue weighted by atomic mass is 9.81. The molecule has 1 aromatic rings. The number of rotatable bonds is 9. The van der Waals surface area contributed by atoms with Crippen molar-refractivity contribution in [1.82, 2.24) is 20.7 Å². The van der Waals surface area contributed by atoms with E-state index in [-0.39, 0.29) is 5.91 Å². The number of amides is 1. The SMILES string of the molecule is CN(C)CCNC(=O)CC1CCNCC1Cc1cc(CC2CCCCC2)on1. The first-order valence-corrected chi connectivity index (χ1v) is 11.2. The third-order valence-corrected chi connectivity index (χ3v) is 6.39. The minimum Gasteiger partial charge on any atom is -0.361 e. The van der Waals surface area contributed by atoms with Crippen molar-refractivity contribution < 1.29 is 9.32 Å². The van der Waals surface area contributed by atoms with Crippen molar-refractivity contribution >= 4 is 5.91 Å². The molecule has 2 unspecified atom stereocenters. The summed E-state index contributed by atoms with van der Waals surface area (Å²) in [5, 5.41) is 10.9. The van der Waals surface area contributed by atoms with Gasteiger partial charge in [-0.25, -0.2) is 0 Å². The van der Waals surface area contributed by atoms with Gasteiger partial charge in [-0.15, -0.1) is 0 Å². The Hall–Kier alpha value is -1.40. The Bertz CT molecular complexity index is 595. The van der Waals surface area contributed by atoms with Gasteiger partial charge in [0, 0.05) is 32.0 Å². The van der Waals surface area contributed by atoms with Crippen LogP contribution in [0.3, 0.4) is 0 Å². The van der Waals surface area contributed by atoms with Gasteiger partial charge in [0.1, 0.15) is 5.76 Å². The molecule has 2 N–H and O–H groups in total. The number of nitrogens with zero attached hydrogens (tertiary/aromatic N) is 2. The number of piperidine rings is 1. The molecule has 0 spiro atoms. The van der Waals surface area contributed by atoms with Crippen LogP contribution in [0.1, 0.15) is 56.4 Å². The molecule has 6 heteroatoms. The van der Waals surface area contributed by atoms with Crippen LogP contribution in [0, 0.1) is 17.8 Å². The fourth-order valence-corrected chi connectivity index (χ4v) is 4.71. The largest absolute Gasteiger partial charge is 0.361 e. The molecule has 0 aromatic carbocycles. The molecule has 1 aliphatic heterocycles. The van der Waals surface area contributed by atoms with Gasteiger partial charge in [-0.2, -0.15) is 0 Å². The average Bonchev–Trinajstić information content (AvgIpc) is 3.11. The minimum absolute atomic E-state index is 0.178. The van der Waals surface area contributed by atoms with E-state index in [0.717, 1.165) is 62.8 Å². The second-order valence-electron chi connectivity index (χ2n) is 9.07. The Morgan fingerprint density at radius 3 is 2.82 bits per heavy atom. The van der Waals surface area contributed by atoms with Crippen LogP contribution in [0.2, 0.25) is 0 Å². The summed E-state index contributed by atoms with van der Waals surface area (Å²) in [4.78, 5) is 14.4. The van der Waals surface area contributed by atoms with Crippen LogP contribution in [-0.2, 0) is 17.6 Å². The summed E-state index contributed by atoms with van der Waals surface area (Å²) in [6, 6.07) is 2.16. The van der Waals surface area contributed by atoms with E-state index in [0.29, 0.717) is 18.3 Å². The van der Waals surface area contributed by atoms with Crippen LogP contribution >= 0.6 is 0 Å². The minimum atomic E-state index is 0.178. The van der Waals surface area contributed by atoms with Crippen molar-refractivity contribution in [3.8, 4) is 0 Å². The van der Waals surface area contributed by atoms with Crippen molar-refractivity contribution in [2.75, 3.05) is 40.3 Å². The van der Waals surface area contributed by atoms with Crippen LogP contribution in [0.25, 0.3) is 0 Å². The van der Waals surface area contributed by atoms with E-state index in [1.807, 2.05) is 14.1 Å². The number of aromatic nitrogens is 1. The first-order valence-electron chi connectivity index (χ1n) is 11.2. The van der Waals surface area contributed by atoms with Gasteiger partial charge in [0.2, 0.25) is 5.91 Å². The summed E-state index contributed by atoms with van der Waals surface area (Å²) in [7, 11) is 4.05. The van der Waals surface area contributed by atoms with Gasteiger partial charge in [-0.3, -0.25) is 4.79 Å². The molecule has 1 aliphatic carbocycles. The lowest BCUT2D eigenvalue weighted by Gasteiger charge is -2.31. The van der Waals surface area contributed by atoms with Gasteiger partial charge in [-0.1, -0.05) is 37.3 Å². The van der Waals surface area contributed by atoms with Crippen LogP contribution in [0.5, 0.6) is 0 Å². The molecule has 2 fully saturated rings. The Morgan fingerprint density at radius 2 is 2.04 bits per heavy atom. The van der Waals surface area contributed by atoms with E-state index < -0.39 is 0 Å². The average molecular weight is 391 g/mol. The number of hydrogen-bond donors (Lipinski definition) is 2. The number of hydrogen-bond acceptors (Lipinski definition) is 5. The van der Waals surface area contributed by atoms with Crippen molar-refractivity contribution in [1.29, 1.82) is 0 Å². The summed E-state index contributed by atoms with van der Waals surface area (Å²) < 4.78 is 5.65. The molecular formula is C22H38N4O2. The molecule has 2 atom stereocenters. The van der Waals surface area contributed by atoms with E-state index in [1.54, 1.807) is 0 Å². The molecule has 2 aliphatic rings. The molecule has 158 valence electrons. The zero-order chi connectivity index (χ0) is 19.8. The lowest BCUT2D eigenvalue weighted by molar-refractivity contribution is -0.122. The zero-order valence-electron chi connectivity index (χ0n) is 17.7. The van der Waals surface area contributed by atoms with Crippen molar-refractivity contribution in [2.24, 2.45) is 17.8 Å². The molecule has 1 aromatic heterocycles. The van der Waals surface area contributed by atoms with Crippen molar-refractivity contribution in [3.63, 3.8) is 0 Å². The molecule has 6 nitrogen and oxygen atoms in total. The molecule has 28 heavy (non-hydrogen) atoms. The maximum Gasteiger partial charge on any atom is 0.220 e. The van der Waals surface area contributed by atoms with Crippen LogP contribution in [0.4, 0.5) is 0 Å². The van der Waals surface area contributed by atoms with E-state index >= 15 is 0 Å². The van der Waals surface area contributed by atoms with Gasteiger partial charge in [-0.05, 0) is 57.8 Å². The summed E-state index contributed by atoms with van der Waals surface area (Å²) in [6.45, 7) is 3.55. The van der Waals surface area contributed by atoms with Crippen molar-refractivity contribution in [3.05, 3.63) is 17.5 Å². The number of nitrogens with one attached hydrogen (secondary N) is 2. The Balaban J connectivity index is 1.48. The molecule has 1 saturated heterocycles. The third kappa shape index (κ3) is 6.89. The summed E-state index contributed by atoms with van der Waals surface area (Å²) in [6.07, 6.45) is 10.4. The number of likely N-dealkylation sites (N-methyl/N-ethyl adjacent to an activating group) is 1. The quantitative estimate of drug-likeness (QED) is 0.678. The van der Waals surface area contributed by atoms with E-state index in [1.165, 1.54) is 32.1 Å². The lowest BCUT2D eigenvalue weighted by Crippen LogP contribution is -2.41. The normalized spacial score (nSPS) is 23.8. The number of carbonyl (C=O) groups is 1. The molecule has 2 heterocycles. The van der Waals surface area contributed by atoms with Crippen LogP contribution in [0.15, 0.2) is 10.6 Å². The maximum atomic E-state index is 12.3. The van der Waals surface area contributed by atoms with Crippen molar-refractivity contribution in [2.45, 2.75) is 57.8 Å². The smallest absolute Gasteiger partial charge is 0.220 e. The first-order chi connectivity index (χ1) is 13.6. The second-order valence-corrected chi connectivity index (χ2v) is 9.07. The third-order valence-electron chi connectivity index (χ3n) is 6.39. The van der Waals surface area contributed by atoms with Gasteiger partial charge >= 0.3 is 0 Å². The second kappa shape index (κ2) is 11.0. The summed E-state index contributed by atoms with van der Waals surface area (Å²) >= 11 is 0. The maximum absolute atomic E-state index is 12.3. The Kier molecular flexibility index (Phi) is 8.34. The monoisotopic (exact) mass is 390 g/mol. The molecule has 0 bridgehead atoms. The van der Waals surface area contributed by atoms with Gasteiger partial charge in [0.15, 0.2) is 0 Å². The fourth-order valence-electron chi connectivity index (χ4n) is 4.71. The molecule has 3 rings (SSSR count). The van der Waals surface area contributed by atoms with Gasteiger partial charge < -0.3 is 20.1 Å². The standard InChI is InChI=1S/C22H38N4O2/c1-26(2)11-10-24-22(27)14-18-8-9-23-16-19(18)13-20-15-21(28-25-20)12-17-6-4-3-5-7-17/h15,17-19,23H,3-14,16H2,1-2H3,(H,24,27). The molecule has 1 saturated carbocycles. The predicted molar refractivity (Wildman–Crippen MR) is 111 cm³/mol. The van der Waals surface area contributed by atoms with E-state index in [4.69, 9.17) is 4.52 Å². The van der Waals surface area contributed by atoms with E-state index in [9.17, 15) is 4.79 Å². The topological polar surface area (TPSA) is 70.4 Å². The van der Waals surface area contributed by atoms with E-state index in [2.05, 4.69) is 26.8 Å². The van der Waals surface area contributed by atoms with Gasteiger partial charge in [0.05, 0.1) is 5.69 Å². The van der Waals surface area contributed by atoms with Crippen LogP contribution < -0.4 is 10.6 Å². The number of carbonyl (C=O) groups excluding carboxylic acids is 1. The predicted octanol–water partition coefficient (Wildman–Crippen LogP) is 2.63. The Morgan fingerprint density at radius 1 is 1.21 bits per heavy atom. The molecular weight excluding hydrogens is 352 g/mol. The summed E-state index contributed by atoms with van der Waals surface area (Å²) in [5.41, 5.74) is 1.05. The highest BCUT2D eigenvalue weighted by atomic mass is 16.5. The zero-order valence-corrected chi connectivity index (χ0v) is 17.7. The Labute approximate surface area is 169 Å². The van der Waals surface area contributed by atoms with Crippen LogP contribution in [-0.4, -0.2) is 56.2 Å². The highest BCUT2D eigenvalue weighted by Gasteiger charge is 2.28. The molecule has 0 radical (unpaired) electrons. The highest BCUT2D eigenvalue weighted by molar-refractivity contribution is 5.76. The molecule has 1 amide bonds. The van der Waals surface area contributed by atoms with Gasteiger partial charge in [0.25, 0.3) is 0 Å². The summed E-state index contributed by atoms with van der Waals surface area (Å²) in [5.74, 6) is 2.85. The fraction of sp³-hybridized carbons (Fsp3) is 0.818. The highest BCUT2D eigenvalue weighted by Crippen LogP contribution is 2.29.